The van der Waals surface area contributed by atoms with Gasteiger partial charge in [-0.25, -0.2) is 19.6 Å². The molecular formula is C17H22N6O2. The van der Waals surface area contributed by atoms with Crippen molar-refractivity contribution in [2.45, 2.75) is 25.8 Å². The number of urea groups is 2. The van der Waals surface area contributed by atoms with Gasteiger partial charge in [-0.2, -0.15) is 0 Å². The van der Waals surface area contributed by atoms with Gasteiger partial charge in [0.05, 0.1) is 0 Å². The van der Waals surface area contributed by atoms with Gasteiger partial charge in [0.1, 0.15) is 11.6 Å². The lowest BCUT2D eigenvalue weighted by atomic mass is 10.1. The van der Waals surface area contributed by atoms with Crippen LogP contribution in [0.1, 0.15) is 19.8 Å². The van der Waals surface area contributed by atoms with Gasteiger partial charge in [-0.05, 0) is 37.1 Å². The van der Waals surface area contributed by atoms with Gasteiger partial charge in [-0.1, -0.05) is 19.1 Å². The number of carbonyl (C=O) groups is 2. The maximum absolute atomic E-state index is 11.9. The van der Waals surface area contributed by atoms with Gasteiger partial charge in [0.15, 0.2) is 0 Å². The summed E-state index contributed by atoms with van der Waals surface area (Å²) in [7, 11) is 0. The van der Waals surface area contributed by atoms with Crippen molar-refractivity contribution in [1.82, 2.24) is 20.6 Å². The zero-order valence-electron chi connectivity index (χ0n) is 14.0. The maximum atomic E-state index is 11.9. The number of nitrogens with one attached hydrogen (secondary N) is 4. The first-order valence-corrected chi connectivity index (χ1v) is 8.12. The van der Waals surface area contributed by atoms with Gasteiger partial charge in [0.25, 0.3) is 0 Å². The van der Waals surface area contributed by atoms with Crippen LogP contribution in [0.25, 0.3) is 0 Å². The summed E-state index contributed by atoms with van der Waals surface area (Å²) in [6, 6.07) is 9.86. The molecule has 0 radical (unpaired) electrons. The Balaban J connectivity index is 1.69. The fourth-order valence-corrected chi connectivity index (χ4v) is 2.11. The molecule has 1 atom stereocenters. The topological polar surface area (TPSA) is 108 Å². The highest BCUT2D eigenvalue weighted by Gasteiger charge is 2.11. The second-order valence-corrected chi connectivity index (χ2v) is 5.30. The van der Waals surface area contributed by atoms with E-state index in [4.69, 9.17) is 0 Å². The zero-order valence-corrected chi connectivity index (χ0v) is 14.0. The van der Waals surface area contributed by atoms with Crippen LogP contribution in [0.5, 0.6) is 0 Å². The van der Waals surface area contributed by atoms with E-state index >= 15 is 0 Å². The molecule has 0 saturated carbocycles. The molecule has 0 bridgehead atoms. The smallest absolute Gasteiger partial charge is 0.320 e. The molecule has 2 aromatic heterocycles. The first kappa shape index (κ1) is 18.2. The van der Waals surface area contributed by atoms with Crippen LogP contribution in [0, 0.1) is 0 Å². The maximum Gasteiger partial charge on any atom is 0.320 e. The third-order valence-corrected chi connectivity index (χ3v) is 3.42. The largest absolute Gasteiger partial charge is 0.338 e. The summed E-state index contributed by atoms with van der Waals surface area (Å²) in [6.45, 7) is 2.40. The molecule has 2 heterocycles. The van der Waals surface area contributed by atoms with Gasteiger partial charge < -0.3 is 10.6 Å². The van der Waals surface area contributed by atoms with Gasteiger partial charge in [0.2, 0.25) is 0 Å². The van der Waals surface area contributed by atoms with E-state index in [2.05, 4.69) is 31.2 Å². The number of anilines is 2. The molecule has 4 N–H and O–H groups in total. The average Bonchev–Trinajstić information content (AvgIpc) is 2.62. The van der Waals surface area contributed by atoms with Gasteiger partial charge in [-0.3, -0.25) is 10.6 Å². The Morgan fingerprint density at radius 2 is 1.56 bits per heavy atom. The Labute approximate surface area is 146 Å². The van der Waals surface area contributed by atoms with Crippen molar-refractivity contribution in [3.8, 4) is 0 Å². The Kier molecular flexibility index (Phi) is 7.17. The van der Waals surface area contributed by atoms with Crippen LogP contribution in [0.15, 0.2) is 48.8 Å². The Hall–Kier alpha value is -3.16. The number of aromatic nitrogens is 2. The van der Waals surface area contributed by atoms with E-state index in [0.717, 1.165) is 6.42 Å². The molecule has 8 nitrogen and oxygen atoms in total. The molecule has 0 aliphatic carbocycles. The predicted octanol–water partition coefficient (Wildman–Crippen LogP) is 2.59. The minimum absolute atomic E-state index is 0.0566. The van der Waals surface area contributed by atoms with Crippen LogP contribution in [0.4, 0.5) is 21.2 Å². The summed E-state index contributed by atoms with van der Waals surface area (Å²) in [5.41, 5.74) is 0. The van der Waals surface area contributed by atoms with E-state index in [1.165, 1.54) is 0 Å². The summed E-state index contributed by atoms with van der Waals surface area (Å²) in [6.07, 6.45) is 4.57. The SMILES string of the molecule is CCC(CCNC(=O)Nc1ccccn1)NC(=O)Nc1ccccn1. The van der Waals surface area contributed by atoms with Gasteiger partial charge in [-0.15, -0.1) is 0 Å². The standard InChI is InChI=1S/C17H22N6O2/c1-2-13(21-17(25)23-15-8-4-6-11-19-15)9-12-20-16(24)22-14-7-3-5-10-18-14/h3-8,10-11,13H,2,9,12H2,1H3,(H2,18,20,22,24)(H2,19,21,23,25). The van der Waals surface area contributed by atoms with Crippen molar-refractivity contribution in [3.63, 3.8) is 0 Å². The first-order valence-electron chi connectivity index (χ1n) is 8.12. The van der Waals surface area contributed by atoms with E-state index in [9.17, 15) is 9.59 Å². The molecule has 0 saturated heterocycles. The second-order valence-electron chi connectivity index (χ2n) is 5.30. The third kappa shape index (κ3) is 6.86. The van der Waals surface area contributed by atoms with Crippen LogP contribution >= 0.6 is 0 Å². The molecule has 0 aliphatic heterocycles. The van der Waals surface area contributed by atoms with E-state index in [0.29, 0.717) is 24.6 Å². The zero-order chi connectivity index (χ0) is 17.9. The van der Waals surface area contributed by atoms with Gasteiger partial charge in [0, 0.05) is 25.0 Å². The molecule has 25 heavy (non-hydrogen) atoms. The molecule has 4 amide bonds. The average molecular weight is 342 g/mol. The van der Waals surface area contributed by atoms with Crippen molar-refractivity contribution in [1.29, 1.82) is 0 Å². The van der Waals surface area contributed by atoms with Crippen molar-refractivity contribution in [2.24, 2.45) is 0 Å². The number of hydrogen-bond donors (Lipinski definition) is 4. The Morgan fingerprint density at radius 3 is 2.08 bits per heavy atom. The summed E-state index contributed by atoms with van der Waals surface area (Å²) in [4.78, 5) is 31.8. The predicted molar refractivity (Wildman–Crippen MR) is 96.3 cm³/mol. The molecule has 132 valence electrons. The second kappa shape index (κ2) is 9.86. The van der Waals surface area contributed by atoms with E-state index in [1.807, 2.05) is 6.92 Å². The van der Waals surface area contributed by atoms with Crippen molar-refractivity contribution >= 4 is 23.7 Å². The highest BCUT2D eigenvalue weighted by atomic mass is 16.2. The lowest BCUT2D eigenvalue weighted by Gasteiger charge is -2.17. The fourth-order valence-electron chi connectivity index (χ4n) is 2.11. The van der Waals surface area contributed by atoms with Crippen LogP contribution in [0.2, 0.25) is 0 Å². The number of rotatable bonds is 7. The number of hydrogen-bond acceptors (Lipinski definition) is 4. The molecule has 2 rings (SSSR count). The molecule has 0 fully saturated rings. The molecule has 0 spiro atoms. The lowest BCUT2D eigenvalue weighted by molar-refractivity contribution is 0.246. The summed E-state index contributed by atoms with van der Waals surface area (Å²) in [5, 5.41) is 10.9. The fraction of sp³-hybridized carbons (Fsp3) is 0.294. The number of amides is 4. The van der Waals surface area contributed by atoms with Gasteiger partial charge >= 0.3 is 12.1 Å². The van der Waals surface area contributed by atoms with Crippen LogP contribution in [0.3, 0.4) is 0 Å². The van der Waals surface area contributed by atoms with Crippen LogP contribution in [-0.4, -0.2) is 34.6 Å². The van der Waals surface area contributed by atoms with Crippen molar-refractivity contribution < 1.29 is 9.59 Å². The number of nitrogens with zero attached hydrogens (tertiary/aromatic N) is 2. The minimum Gasteiger partial charge on any atom is -0.338 e. The van der Waals surface area contributed by atoms with E-state index < -0.39 is 0 Å². The first-order chi connectivity index (χ1) is 12.2. The number of carbonyl (C=O) groups excluding carboxylic acids is 2. The molecular weight excluding hydrogens is 320 g/mol. The molecule has 8 heteroatoms. The quantitative estimate of drug-likeness (QED) is 0.620. The Bertz CT molecular complexity index is 665. The summed E-state index contributed by atoms with van der Waals surface area (Å²) >= 11 is 0. The summed E-state index contributed by atoms with van der Waals surface area (Å²) < 4.78 is 0. The highest BCUT2D eigenvalue weighted by Crippen LogP contribution is 2.02. The normalized spacial score (nSPS) is 11.2. The summed E-state index contributed by atoms with van der Waals surface area (Å²) in [5.74, 6) is 0.975. The van der Waals surface area contributed by atoms with Crippen molar-refractivity contribution in [3.05, 3.63) is 48.8 Å². The lowest BCUT2D eigenvalue weighted by Crippen LogP contribution is -2.40. The van der Waals surface area contributed by atoms with Crippen LogP contribution in [-0.2, 0) is 0 Å². The minimum atomic E-state index is -0.327. The van der Waals surface area contributed by atoms with E-state index in [-0.39, 0.29) is 18.1 Å². The monoisotopic (exact) mass is 342 g/mol. The third-order valence-electron chi connectivity index (χ3n) is 3.42. The molecule has 0 aromatic carbocycles. The molecule has 1 unspecified atom stereocenters. The number of pyridine rings is 2. The molecule has 0 aliphatic rings. The highest BCUT2D eigenvalue weighted by molar-refractivity contribution is 5.88. The van der Waals surface area contributed by atoms with Crippen LogP contribution < -0.4 is 21.3 Å². The van der Waals surface area contributed by atoms with Crippen molar-refractivity contribution in [2.75, 3.05) is 17.2 Å². The van der Waals surface area contributed by atoms with E-state index in [1.54, 1.807) is 48.8 Å². The Morgan fingerprint density at radius 1 is 0.960 bits per heavy atom. The molecule has 2 aromatic rings.